The topological polar surface area (TPSA) is 24.1 Å². The van der Waals surface area contributed by atoms with Crippen molar-refractivity contribution in [3.63, 3.8) is 0 Å². The van der Waals surface area contributed by atoms with Crippen molar-refractivity contribution in [3.05, 3.63) is 0 Å². The summed E-state index contributed by atoms with van der Waals surface area (Å²) in [5.74, 6) is 0.933. The maximum Gasteiger partial charge on any atom is 0.0456 e. The second kappa shape index (κ2) is 2.89. The van der Waals surface area contributed by atoms with Crippen molar-refractivity contribution in [1.82, 2.24) is 10.6 Å². The van der Waals surface area contributed by atoms with Gasteiger partial charge < -0.3 is 10.6 Å². The van der Waals surface area contributed by atoms with E-state index in [1.54, 1.807) is 0 Å². The van der Waals surface area contributed by atoms with Crippen LogP contribution in [0, 0.1) is 5.92 Å². The summed E-state index contributed by atoms with van der Waals surface area (Å²) in [4.78, 5) is 0. The highest BCUT2D eigenvalue weighted by atomic mass is 15.1. The zero-order chi connectivity index (χ0) is 6.81. The average molecular weight is 140 g/mol. The molecule has 2 atom stereocenters. The number of fused-ring (bicyclic) bond motifs is 1. The van der Waals surface area contributed by atoms with Gasteiger partial charge in [0.2, 0.25) is 0 Å². The van der Waals surface area contributed by atoms with Crippen molar-refractivity contribution in [3.8, 4) is 0 Å². The van der Waals surface area contributed by atoms with E-state index in [1.165, 1.54) is 32.2 Å². The molecule has 1 aliphatic carbocycles. The monoisotopic (exact) mass is 140 g/mol. The molecule has 10 heavy (non-hydrogen) atoms. The van der Waals surface area contributed by atoms with Crippen molar-refractivity contribution in [2.45, 2.75) is 31.7 Å². The average Bonchev–Trinajstić information content (AvgIpc) is 2.05. The summed E-state index contributed by atoms with van der Waals surface area (Å²) < 4.78 is 0. The molecular formula is C8H16N2. The molecule has 0 amide bonds. The van der Waals surface area contributed by atoms with Gasteiger partial charge in [-0.05, 0) is 18.8 Å². The fourth-order valence-corrected chi connectivity index (χ4v) is 2.18. The Balaban J connectivity index is 1.93. The summed E-state index contributed by atoms with van der Waals surface area (Å²) in [5.41, 5.74) is 0. The van der Waals surface area contributed by atoms with Crippen LogP contribution < -0.4 is 10.6 Å². The van der Waals surface area contributed by atoms with Crippen LogP contribution in [0.25, 0.3) is 0 Å². The SMILES string of the molecule is C1CC[C@H]2NCNC[C@H]2C1. The second-order valence-corrected chi connectivity index (χ2v) is 3.49. The summed E-state index contributed by atoms with van der Waals surface area (Å²) in [6.07, 6.45) is 5.73. The van der Waals surface area contributed by atoms with Gasteiger partial charge >= 0.3 is 0 Å². The van der Waals surface area contributed by atoms with Gasteiger partial charge in [-0.15, -0.1) is 0 Å². The van der Waals surface area contributed by atoms with E-state index in [-0.39, 0.29) is 0 Å². The first-order chi connectivity index (χ1) is 4.97. The lowest BCUT2D eigenvalue weighted by Gasteiger charge is -2.36. The smallest absolute Gasteiger partial charge is 0.0456 e. The highest BCUT2D eigenvalue weighted by Crippen LogP contribution is 2.24. The molecule has 2 heteroatoms. The van der Waals surface area contributed by atoms with Crippen LogP contribution in [0.1, 0.15) is 25.7 Å². The van der Waals surface area contributed by atoms with Crippen LogP contribution in [0.2, 0.25) is 0 Å². The lowest BCUT2D eigenvalue weighted by Crippen LogP contribution is -2.52. The highest BCUT2D eigenvalue weighted by molar-refractivity contribution is 4.84. The first kappa shape index (κ1) is 6.62. The van der Waals surface area contributed by atoms with Crippen molar-refractivity contribution in [1.29, 1.82) is 0 Å². The Morgan fingerprint density at radius 2 is 2.00 bits per heavy atom. The first-order valence-corrected chi connectivity index (χ1v) is 4.41. The van der Waals surface area contributed by atoms with Gasteiger partial charge in [-0.2, -0.15) is 0 Å². The maximum atomic E-state index is 3.51. The fourth-order valence-electron chi connectivity index (χ4n) is 2.18. The minimum absolute atomic E-state index is 0.843. The molecule has 0 aromatic heterocycles. The standard InChI is InChI=1S/C8H16N2/c1-2-4-8-7(3-1)5-9-6-10-8/h7-10H,1-6H2/t7-,8-/m1/s1. The molecule has 0 aromatic rings. The molecule has 2 fully saturated rings. The molecule has 0 radical (unpaired) electrons. The van der Waals surface area contributed by atoms with Crippen LogP contribution in [-0.2, 0) is 0 Å². The second-order valence-electron chi connectivity index (χ2n) is 3.49. The molecule has 1 saturated carbocycles. The Bertz CT molecular complexity index is 87.8. The van der Waals surface area contributed by atoms with Gasteiger partial charge in [0, 0.05) is 19.3 Å². The minimum Gasteiger partial charge on any atom is -0.304 e. The third kappa shape index (κ3) is 1.18. The normalized spacial score (nSPS) is 40.8. The van der Waals surface area contributed by atoms with E-state index < -0.39 is 0 Å². The summed E-state index contributed by atoms with van der Waals surface area (Å²) in [5, 5.41) is 6.88. The van der Waals surface area contributed by atoms with Gasteiger partial charge in [-0.3, -0.25) is 0 Å². The summed E-state index contributed by atoms with van der Waals surface area (Å²) >= 11 is 0. The van der Waals surface area contributed by atoms with E-state index in [9.17, 15) is 0 Å². The predicted molar refractivity (Wildman–Crippen MR) is 41.8 cm³/mol. The molecule has 0 unspecified atom stereocenters. The summed E-state index contributed by atoms with van der Waals surface area (Å²) in [6.45, 7) is 2.28. The lowest BCUT2D eigenvalue weighted by atomic mass is 9.83. The van der Waals surface area contributed by atoms with Gasteiger partial charge in [0.1, 0.15) is 0 Å². The summed E-state index contributed by atoms with van der Waals surface area (Å²) in [6, 6.07) is 0.843. The molecule has 2 aliphatic rings. The Kier molecular flexibility index (Phi) is 1.91. The van der Waals surface area contributed by atoms with E-state index in [2.05, 4.69) is 10.6 Å². The van der Waals surface area contributed by atoms with E-state index in [0.717, 1.165) is 18.6 Å². The zero-order valence-electron chi connectivity index (χ0n) is 6.40. The number of hydrogen-bond donors (Lipinski definition) is 2. The van der Waals surface area contributed by atoms with E-state index in [0.29, 0.717) is 0 Å². The van der Waals surface area contributed by atoms with E-state index >= 15 is 0 Å². The van der Waals surface area contributed by atoms with Gasteiger partial charge in [-0.1, -0.05) is 12.8 Å². The number of rotatable bonds is 0. The van der Waals surface area contributed by atoms with Crippen molar-refractivity contribution >= 4 is 0 Å². The quantitative estimate of drug-likeness (QED) is 0.517. The summed E-state index contributed by atoms with van der Waals surface area (Å²) in [7, 11) is 0. The third-order valence-corrected chi connectivity index (χ3v) is 2.80. The van der Waals surface area contributed by atoms with Crippen LogP contribution in [0.3, 0.4) is 0 Å². The van der Waals surface area contributed by atoms with Crippen LogP contribution in [-0.4, -0.2) is 19.3 Å². The van der Waals surface area contributed by atoms with Crippen molar-refractivity contribution in [2.75, 3.05) is 13.2 Å². The molecular weight excluding hydrogens is 124 g/mol. The maximum absolute atomic E-state index is 3.51. The van der Waals surface area contributed by atoms with Crippen molar-refractivity contribution < 1.29 is 0 Å². The fraction of sp³-hybridized carbons (Fsp3) is 1.00. The molecule has 2 N–H and O–H groups in total. The molecule has 1 saturated heterocycles. The highest BCUT2D eigenvalue weighted by Gasteiger charge is 2.26. The molecule has 0 spiro atoms. The van der Waals surface area contributed by atoms with Crippen LogP contribution in [0.15, 0.2) is 0 Å². The van der Waals surface area contributed by atoms with Gasteiger partial charge in [0.05, 0.1) is 0 Å². The molecule has 1 aliphatic heterocycles. The van der Waals surface area contributed by atoms with Gasteiger partial charge in [0.25, 0.3) is 0 Å². The van der Waals surface area contributed by atoms with E-state index in [4.69, 9.17) is 0 Å². The zero-order valence-corrected chi connectivity index (χ0v) is 6.40. The molecule has 1 heterocycles. The Morgan fingerprint density at radius 3 is 2.90 bits per heavy atom. The first-order valence-electron chi connectivity index (χ1n) is 4.41. The Labute approximate surface area is 62.4 Å². The predicted octanol–water partition coefficient (Wildman–Crippen LogP) is 0.696. The molecule has 58 valence electrons. The van der Waals surface area contributed by atoms with E-state index in [1.807, 2.05) is 0 Å². The number of nitrogens with one attached hydrogen (secondary N) is 2. The molecule has 0 aromatic carbocycles. The Hall–Kier alpha value is -0.0800. The molecule has 2 nitrogen and oxygen atoms in total. The molecule has 2 rings (SSSR count). The Morgan fingerprint density at radius 1 is 1.10 bits per heavy atom. The van der Waals surface area contributed by atoms with Crippen LogP contribution in [0.4, 0.5) is 0 Å². The third-order valence-electron chi connectivity index (χ3n) is 2.80. The van der Waals surface area contributed by atoms with Crippen LogP contribution in [0.5, 0.6) is 0 Å². The van der Waals surface area contributed by atoms with Gasteiger partial charge in [0.15, 0.2) is 0 Å². The van der Waals surface area contributed by atoms with Gasteiger partial charge in [-0.25, -0.2) is 0 Å². The minimum atomic E-state index is 0.843. The van der Waals surface area contributed by atoms with Crippen LogP contribution >= 0.6 is 0 Å². The van der Waals surface area contributed by atoms with Crippen molar-refractivity contribution in [2.24, 2.45) is 5.92 Å². The largest absolute Gasteiger partial charge is 0.304 e. The molecule has 0 bridgehead atoms. The lowest BCUT2D eigenvalue weighted by molar-refractivity contribution is 0.213. The number of hydrogen-bond acceptors (Lipinski definition) is 2.